The molecule has 0 fully saturated rings. The second-order valence-electron chi connectivity index (χ2n) is 6.09. The summed E-state index contributed by atoms with van der Waals surface area (Å²) in [5.74, 6) is -0.697. The van der Waals surface area contributed by atoms with Crippen LogP contribution in [-0.2, 0) is 24.1 Å². The number of carboxylic acid groups (broad SMARTS) is 1. The summed E-state index contributed by atoms with van der Waals surface area (Å²) in [6, 6.07) is 12.9. The second-order valence-corrected chi connectivity index (χ2v) is 6.09. The molecular weight excluding hydrogens is 274 g/mol. The molecule has 0 atom stereocenters. The number of aryl methyl sites for hydroxylation is 2. The molecule has 0 saturated heterocycles. The fourth-order valence-electron chi connectivity index (χ4n) is 3.43. The van der Waals surface area contributed by atoms with E-state index in [-0.39, 0.29) is 6.42 Å². The Labute approximate surface area is 131 Å². The third-order valence-corrected chi connectivity index (χ3v) is 4.47. The van der Waals surface area contributed by atoms with Gasteiger partial charge in [-0.15, -0.1) is 0 Å². The zero-order valence-corrected chi connectivity index (χ0v) is 12.9. The maximum atomic E-state index is 10.7. The minimum absolute atomic E-state index is 0.270. The highest BCUT2D eigenvalue weighted by atomic mass is 16.4. The van der Waals surface area contributed by atoms with Crippen LogP contribution < -0.4 is 0 Å². The molecule has 0 spiro atoms. The molecule has 1 N–H and O–H groups in total. The quantitative estimate of drug-likeness (QED) is 0.814. The first-order valence-corrected chi connectivity index (χ1v) is 8.25. The Morgan fingerprint density at radius 2 is 1.86 bits per heavy atom. The van der Waals surface area contributed by atoms with Crippen LogP contribution in [-0.4, -0.2) is 15.6 Å². The van der Waals surface area contributed by atoms with E-state index in [2.05, 4.69) is 34.9 Å². The monoisotopic (exact) mass is 297 g/mol. The van der Waals surface area contributed by atoms with Gasteiger partial charge >= 0.3 is 5.97 Å². The van der Waals surface area contributed by atoms with E-state index >= 15 is 0 Å². The summed E-state index contributed by atoms with van der Waals surface area (Å²) in [4.78, 5) is 10.7. The molecule has 1 heterocycles. The number of hydrogen-bond acceptors (Lipinski definition) is 1. The first-order valence-electron chi connectivity index (χ1n) is 8.25. The Balaban J connectivity index is 1.85. The maximum absolute atomic E-state index is 10.7. The summed E-state index contributed by atoms with van der Waals surface area (Å²) in [5.41, 5.74) is 5.52. The predicted molar refractivity (Wildman–Crippen MR) is 87.6 cm³/mol. The van der Waals surface area contributed by atoms with Crippen molar-refractivity contribution in [1.82, 2.24) is 4.57 Å². The van der Waals surface area contributed by atoms with Gasteiger partial charge in [-0.2, -0.15) is 0 Å². The molecule has 3 rings (SSSR count). The summed E-state index contributed by atoms with van der Waals surface area (Å²) in [5, 5.41) is 8.77. The van der Waals surface area contributed by atoms with Crippen LogP contribution in [0, 0.1) is 0 Å². The van der Waals surface area contributed by atoms with Crippen molar-refractivity contribution in [2.24, 2.45) is 0 Å². The number of rotatable bonds is 6. The van der Waals surface area contributed by atoms with E-state index in [0.717, 1.165) is 25.7 Å². The molecule has 1 aliphatic rings. The van der Waals surface area contributed by atoms with Crippen molar-refractivity contribution in [3.8, 4) is 5.69 Å². The normalized spacial score (nSPS) is 13.8. The lowest BCUT2D eigenvalue weighted by Gasteiger charge is -2.17. The number of aliphatic carboxylic acids is 1. The summed E-state index contributed by atoms with van der Waals surface area (Å²) >= 11 is 0. The molecule has 1 aromatic heterocycles. The molecule has 0 unspecified atom stereocenters. The van der Waals surface area contributed by atoms with Gasteiger partial charge in [-0.25, -0.2) is 0 Å². The van der Waals surface area contributed by atoms with E-state index in [4.69, 9.17) is 5.11 Å². The molecule has 0 amide bonds. The van der Waals surface area contributed by atoms with Gasteiger partial charge in [0.15, 0.2) is 0 Å². The first kappa shape index (κ1) is 14.9. The Kier molecular flexibility index (Phi) is 4.62. The first-order chi connectivity index (χ1) is 10.8. The van der Waals surface area contributed by atoms with Crippen LogP contribution in [0.2, 0.25) is 0 Å². The standard InChI is InChI=1S/C19H23NO2/c21-19(22)13-7-5-11-17-14-15-8-4-6-12-18(15)20(17)16-9-2-1-3-10-16/h1-3,9-10,14H,4-8,11-13H2,(H,21,22). The van der Waals surface area contributed by atoms with Crippen molar-refractivity contribution in [1.29, 1.82) is 0 Å². The minimum atomic E-state index is -0.697. The van der Waals surface area contributed by atoms with E-state index in [9.17, 15) is 4.79 Å². The fraction of sp³-hybridized carbons (Fsp3) is 0.421. The van der Waals surface area contributed by atoms with Gasteiger partial charge in [-0.05, 0) is 68.7 Å². The summed E-state index contributed by atoms with van der Waals surface area (Å²) in [6.45, 7) is 0. The average Bonchev–Trinajstić information content (AvgIpc) is 2.90. The molecule has 0 saturated carbocycles. The Bertz CT molecular complexity index is 643. The van der Waals surface area contributed by atoms with E-state index in [1.165, 1.54) is 41.9 Å². The lowest BCUT2D eigenvalue weighted by Crippen LogP contribution is -2.08. The molecule has 0 bridgehead atoms. The summed E-state index contributed by atoms with van der Waals surface area (Å²) < 4.78 is 2.41. The van der Waals surface area contributed by atoms with Crippen molar-refractivity contribution in [2.45, 2.75) is 51.4 Å². The van der Waals surface area contributed by atoms with Crippen LogP contribution in [0.3, 0.4) is 0 Å². The molecule has 1 aromatic carbocycles. The van der Waals surface area contributed by atoms with Gasteiger partial charge in [0, 0.05) is 23.5 Å². The Morgan fingerprint density at radius 3 is 2.64 bits per heavy atom. The molecule has 116 valence electrons. The third-order valence-electron chi connectivity index (χ3n) is 4.47. The van der Waals surface area contributed by atoms with Gasteiger partial charge in [0.2, 0.25) is 0 Å². The Morgan fingerprint density at radius 1 is 1.09 bits per heavy atom. The molecule has 1 aliphatic carbocycles. The summed E-state index contributed by atoms with van der Waals surface area (Å²) in [7, 11) is 0. The second kappa shape index (κ2) is 6.82. The number of para-hydroxylation sites is 1. The van der Waals surface area contributed by atoms with Crippen molar-refractivity contribution < 1.29 is 9.90 Å². The topological polar surface area (TPSA) is 42.2 Å². The lowest BCUT2D eigenvalue weighted by atomic mass is 9.98. The third kappa shape index (κ3) is 3.24. The van der Waals surface area contributed by atoms with Crippen LogP contribution in [0.5, 0.6) is 0 Å². The van der Waals surface area contributed by atoms with Gasteiger partial charge in [0.05, 0.1) is 0 Å². The van der Waals surface area contributed by atoms with Gasteiger partial charge in [-0.1, -0.05) is 18.2 Å². The molecule has 3 nitrogen and oxygen atoms in total. The number of aromatic nitrogens is 1. The van der Waals surface area contributed by atoms with E-state index in [0.29, 0.717) is 0 Å². The van der Waals surface area contributed by atoms with Crippen molar-refractivity contribution in [2.75, 3.05) is 0 Å². The van der Waals surface area contributed by atoms with E-state index < -0.39 is 5.97 Å². The highest BCUT2D eigenvalue weighted by molar-refractivity contribution is 5.66. The number of nitrogens with zero attached hydrogens (tertiary/aromatic N) is 1. The largest absolute Gasteiger partial charge is 0.481 e. The minimum Gasteiger partial charge on any atom is -0.481 e. The molecule has 0 radical (unpaired) electrons. The van der Waals surface area contributed by atoms with Gasteiger partial charge < -0.3 is 9.67 Å². The molecule has 2 aromatic rings. The van der Waals surface area contributed by atoms with Crippen LogP contribution in [0.25, 0.3) is 5.69 Å². The Hall–Kier alpha value is -2.03. The number of unbranched alkanes of at least 4 members (excludes halogenated alkanes) is 1. The molecule has 0 aliphatic heterocycles. The summed E-state index contributed by atoms with van der Waals surface area (Å²) in [6.07, 6.45) is 7.78. The fourth-order valence-corrected chi connectivity index (χ4v) is 3.43. The van der Waals surface area contributed by atoms with Crippen LogP contribution >= 0.6 is 0 Å². The van der Waals surface area contributed by atoms with E-state index in [1.54, 1.807) is 0 Å². The lowest BCUT2D eigenvalue weighted by molar-refractivity contribution is -0.137. The van der Waals surface area contributed by atoms with Gasteiger partial charge in [0.1, 0.15) is 0 Å². The number of hydrogen-bond donors (Lipinski definition) is 1. The molecule has 3 heteroatoms. The van der Waals surface area contributed by atoms with E-state index in [1.807, 2.05) is 6.07 Å². The average molecular weight is 297 g/mol. The van der Waals surface area contributed by atoms with Crippen LogP contribution in [0.1, 0.15) is 49.1 Å². The maximum Gasteiger partial charge on any atom is 0.303 e. The van der Waals surface area contributed by atoms with Crippen LogP contribution in [0.15, 0.2) is 36.4 Å². The van der Waals surface area contributed by atoms with Crippen molar-refractivity contribution >= 4 is 5.97 Å². The highest BCUT2D eigenvalue weighted by Crippen LogP contribution is 2.29. The number of fused-ring (bicyclic) bond motifs is 1. The SMILES string of the molecule is O=C(O)CCCCc1cc2c(n1-c1ccccc1)CCCC2. The number of benzene rings is 1. The number of carbonyl (C=O) groups is 1. The van der Waals surface area contributed by atoms with Crippen LogP contribution in [0.4, 0.5) is 0 Å². The molecule has 22 heavy (non-hydrogen) atoms. The zero-order chi connectivity index (χ0) is 15.4. The smallest absolute Gasteiger partial charge is 0.303 e. The highest BCUT2D eigenvalue weighted by Gasteiger charge is 2.18. The van der Waals surface area contributed by atoms with Gasteiger partial charge in [0.25, 0.3) is 0 Å². The van der Waals surface area contributed by atoms with Gasteiger partial charge in [-0.3, -0.25) is 4.79 Å². The predicted octanol–water partition coefficient (Wildman–Crippen LogP) is 4.15. The van der Waals surface area contributed by atoms with Crippen molar-refractivity contribution in [3.63, 3.8) is 0 Å². The zero-order valence-electron chi connectivity index (χ0n) is 12.9. The number of carboxylic acids is 1. The molecular formula is C19H23NO2. The van der Waals surface area contributed by atoms with Crippen molar-refractivity contribution in [3.05, 3.63) is 53.3 Å².